The van der Waals surface area contributed by atoms with Gasteiger partial charge in [0.2, 0.25) is 0 Å². The molecular weight excluding hydrogens is 282 g/mol. The molecule has 7 nitrogen and oxygen atoms in total. The standard InChI is InChI=1S/C15H27N5O2/c1-3-20-11-17-19-13(20)9-16-14(22)18-15(2,10-21)12-7-5-4-6-8-12/h11-12,21H,3-10H2,1-2H3,(H2,16,18,22)/t15-/m1/s1. The van der Waals surface area contributed by atoms with Gasteiger partial charge in [-0.1, -0.05) is 19.3 Å². The molecule has 0 aromatic carbocycles. The van der Waals surface area contributed by atoms with Gasteiger partial charge in [-0.15, -0.1) is 10.2 Å². The molecule has 0 spiro atoms. The van der Waals surface area contributed by atoms with Crippen LogP contribution < -0.4 is 10.6 Å². The van der Waals surface area contributed by atoms with Crippen LogP contribution in [0.4, 0.5) is 4.79 Å². The lowest BCUT2D eigenvalue weighted by atomic mass is 9.76. The van der Waals surface area contributed by atoms with E-state index in [2.05, 4.69) is 20.8 Å². The number of nitrogens with zero attached hydrogens (tertiary/aromatic N) is 3. The molecule has 1 aromatic rings. The second-order valence-corrected chi connectivity index (χ2v) is 6.25. The van der Waals surface area contributed by atoms with Crippen LogP contribution in [0.5, 0.6) is 0 Å². The molecule has 2 amide bonds. The Morgan fingerprint density at radius 2 is 2.18 bits per heavy atom. The first-order valence-corrected chi connectivity index (χ1v) is 8.12. The Bertz CT molecular complexity index is 484. The van der Waals surface area contributed by atoms with E-state index in [-0.39, 0.29) is 12.6 Å². The van der Waals surface area contributed by atoms with E-state index in [9.17, 15) is 9.90 Å². The summed E-state index contributed by atoms with van der Waals surface area (Å²) < 4.78 is 1.88. The number of hydrogen-bond acceptors (Lipinski definition) is 4. The lowest BCUT2D eigenvalue weighted by molar-refractivity contribution is 0.101. The number of hydrogen-bond donors (Lipinski definition) is 3. The number of amides is 2. The van der Waals surface area contributed by atoms with Crippen LogP contribution in [0.1, 0.15) is 51.8 Å². The van der Waals surface area contributed by atoms with Gasteiger partial charge < -0.3 is 20.3 Å². The number of rotatable bonds is 6. The normalized spacial score (nSPS) is 18.7. The van der Waals surface area contributed by atoms with Crippen LogP contribution >= 0.6 is 0 Å². The van der Waals surface area contributed by atoms with E-state index in [1.807, 2.05) is 18.4 Å². The van der Waals surface area contributed by atoms with E-state index < -0.39 is 5.54 Å². The van der Waals surface area contributed by atoms with Crippen molar-refractivity contribution in [3.05, 3.63) is 12.2 Å². The number of aromatic nitrogens is 3. The Balaban J connectivity index is 1.88. The third kappa shape index (κ3) is 3.97. The van der Waals surface area contributed by atoms with Crippen molar-refractivity contribution in [2.45, 2.75) is 64.6 Å². The molecule has 124 valence electrons. The highest BCUT2D eigenvalue weighted by Gasteiger charge is 2.35. The number of aliphatic hydroxyl groups is 1. The van der Waals surface area contributed by atoms with Gasteiger partial charge in [-0.05, 0) is 32.6 Å². The Hall–Kier alpha value is -1.63. The van der Waals surface area contributed by atoms with E-state index in [4.69, 9.17) is 0 Å². The number of carbonyl (C=O) groups excluding carboxylic acids is 1. The Morgan fingerprint density at radius 3 is 2.82 bits per heavy atom. The molecule has 22 heavy (non-hydrogen) atoms. The van der Waals surface area contributed by atoms with Gasteiger partial charge in [0.15, 0.2) is 5.82 Å². The van der Waals surface area contributed by atoms with Crippen molar-refractivity contribution in [3.63, 3.8) is 0 Å². The maximum absolute atomic E-state index is 12.2. The van der Waals surface area contributed by atoms with Crippen LogP contribution in [0.25, 0.3) is 0 Å². The Kier molecular flexibility index (Phi) is 5.76. The molecule has 0 saturated heterocycles. The van der Waals surface area contributed by atoms with Crippen molar-refractivity contribution in [3.8, 4) is 0 Å². The summed E-state index contributed by atoms with van der Waals surface area (Å²) in [4.78, 5) is 12.2. The van der Waals surface area contributed by atoms with Crippen LogP contribution in [0.3, 0.4) is 0 Å². The van der Waals surface area contributed by atoms with E-state index in [1.54, 1.807) is 6.33 Å². The van der Waals surface area contributed by atoms with Gasteiger partial charge in [-0.2, -0.15) is 0 Å². The van der Waals surface area contributed by atoms with Gasteiger partial charge in [0, 0.05) is 6.54 Å². The molecule has 0 bridgehead atoms. The summed E-state index contributed by atoms with van der Waals surface area (Å²) >= 11 is 0. The van der Waals surface area contributed by atoms with E-state index >= 15 is 0 Å². The summed E-state index contributed by atoms with van der Waals surface area (Å²) in [5, 5.41) is 23.3. The predicted octanol–water partition coefficient (Wildman–Crippen LogP) is 1.43. The summed E-state index contributed by atoms with van der Waals surface area (Å²) in [6.45, 7) is 4.97. The molecule has 0 unspecified atom stereocenters. The molecule has 1 fully saturated rings. The van der Waals surface area contributed by atoms with Gasteiger partial charge in [0.25, 0.3) is 0 Å². The smallest absolute Gasteiger partial charge is 0.315 e. The number of aliphatic hydroxyl groups excluding tert-OH is 1. The molecular formula is C15H27N5O2. The van der Waals surface area contributed by atoms with Gasteiger partial charge in [-0.25, -0.2) is 4.79 Å². The quantitative estimate of drug-likeness (QED) is 0.741. The average Bonchev–Trinajstić information content (AvgIpc) is 3.01. The SMILES string of the molecule is CCn1cnnc1CNC(=O)N[C@](C)(CO)C1CCCCC1. The second-order valence-electron chi connectivity index (χ2n) is 6.25. The molecule has 1 atom stereocenters. The first kappa shape index (κ1) is 16.7. The molecule has 0 aliphatic heterocycles. The van der Waals surface area contributed by atoms with Crippen LogP contribution in [0.2, 0.25) is 0 Å². The van der Waals surface area contributed by atoms with E-state index in [1.165, 1.54) is 19.3 Å². The van der Waals surface area contributed by atoms with Crippen molar-refractivity contribution >= 4 is 6.03 Å². The number of urea groups is 1. The molecule has 1 saturated carbocycles. The highest BCUT2D eigenvalue weighted by Crippen LogP contribution is 2.32. The molecule has 3 N–H and O–H groups in total. The minimum Gasteiger partial charge on any atom is -0.394 e. The molecule has 7 heteroatoms. The zero-order valence-corrected chi connectivity index (χ0v) is 13.5. The third-order valence-electron chi connectivity index (χ3n) is 4.68. The number of nitrogens with one attached hydrogen (secondary N) is 2. The first-order valence-electron chi connectivity index (χ1n) is 8.12. The Morgan fingerprint density at radius 1 is 1.45 bits per heavy atom. The van der Waals surface area contributed by atoms with Gasteiger partial charge in [0.1, 0.15) is 6.33 Å². The topological polar surface area (TPSA) is 92.1 Å². The summed E-state index contributed by atoms with van der Waals surface area (Å²) in [5.41, 5.74) is -0.567. The van der Waals surface area contributed by atoms with Crippen LogP contribution in [-0.4, -0.2) is 38.0 Å². The zero-order valence-electron chi connectivity index (χ0n) is 13.5. The monoisotopic (exact) mass is 309 g/mol. The van der Waals surface area contributed by atoms with Crippen molar-refractivity contribution < 1.29 is 9.90 Å². The van der Waals surface area contributed by atoms with Crippen molar-refractivity contribution in [2.24, 2.45) is 5.92 Å². The molecule has 0 radical (unpaired) electrons. The van der Waals surface area contributed by atoms with E-state index in [0.717, 1.165) is 25.2 Å². The minimum absolute atomic E-state index is 0.0454. The first-order chi connectivity index (χ1) is 10.6. The summed E-state index contributed by atoms with van der Waals surface area (Å²) in [5.74, 6) is 1.05. The molecule has 1 aliphatic carbocycles. The molecule has 2 rings (SSSR count). The van der Waals surface area contributed by atoms with Crippen LogP contribution in [0, 0.1) is 5.92 Å². The van der Waals surface area contributed by atoms with Gasteiger partial charge in [-0.3, -0.25) is 0 Å². The average molecular weight is 309 g/mol. The maximum Gasteiger partial charge on any atom is 0.315 e. The van der Waals surface area contributed by atoms with Crippen LogP contribution in [-0.2, 0) is 13.1 Å². The summed E-state index contributed by atoms with van der Waals surface area (Å²) in [6, 6.07) is -0.271. The van der Waals surface area contributed by atoms with Crippen LogP contribution in [0.15, 0.2) is 6.33 Å². The van der Waals surface area contributed by atoms with Crippen molar-refractivity contribution in [1.29, 1.82) is 0 Å². The number of carbonyl (C=O) groups is 1. The number of aryl methyl sites for hydroxylation is 1. The third-order valence-corrected chi connectivity index (χ3v) is 4.68. The van der Waals surface area contributed by atoms with Crippen molar-refractivity contribution in [2.75, 3.05) is 6.61 Å². The maximum atomic E-state index is 12.2. The fourth-order valence-corrected chi connectivity index (χ4v) is 3.15. The van der Waals surface area contributed by atoms with E-state index in [0.29, 0.717) is 12.5 Å². The zero-order chi connectivity index (χ0) is 16.0. The minimum atomic E-state index is -0.567. The second kappa shape index (κ2) is 7.58. The largest absolute Gasteiger partial charge is 0.394 e. The summed E-state index contributed by atoms with van der Waals surface area (Å²) in [6.07, 6.45) is 7.35. The fraction of sp³-hybridized carbons (Fsp3) is 0.800. The summed E-state index contributed by atoms with van der Waals surface area (Å²) in [7, 11) is 0. The molecule has 1 aromatic heterocycles. The molecule has 1 aliphatic rings. The Labute approximate surface area is 131 Å². The highest BCUT2D eigenvalue weighted by molar-refractivity contribution is 5.74. The predicted molar refractivity (Wildman–Crippen MR) is 83.1 cm³/mol. The highest BCUT2D eigenvalue weighted by atomic mass is 16.3. The van der Waals surface area contributed by atoms with Gasteiger partial charge >= 0.3 is 6.03 Å². The molecule has 1 heterocycles. The fourth-order valence-electron chi connectivity index (χ4n) is 3.15. The lowest BCUT2D eigenvalue weighted by Crippen LogP contribution is -2.57. The van der Waals surface area contributed by atoms with Crippen molar-refractivity contribution in [1.82, 2.24) is 25.4 Å². The van der Waals surface area contributed by atoms with Gasteiger partial charge in [0.05, 0.1) is 18.7 Å². The lowest BCUT2D eigenvalue weighted by Gasteiger charge is -2.39.